The number of hydrogen-bond acceptors (Lipinski definition) is 2. The average molecular weight is 280 g/mol. The van der Waals surface area contributed by atoms with Gasteiger partial charge in [-0.15, -0.1) is 0 Å². The second kappa shape index (κ2) is 7.26. The smallest absolute Gasteiger partial charge is 0.0359 e. The average Bonchev–Trinajstić information content (AvgIpc) is 2.95. The Morgan fingerprint density at radius 2 is 1.65 bits per heavy atom. The van der Waals surface area contributed by atoms with Crippen molar-refractivity contribution >= 4 is 0 Å². The van der Waals surface area contributed by atoms with E-state index < -0.39 is 0 Å². The minimum absolute atomic E-state index is 0.430. The van der Waals surface area contributed by atoms with E-state index in [1.54, 1.807) is 0 Å². The lowest BCUT2D eigenvalue weighted by atomic mass is 9.70. The van der Waals surface area contributed by atoms with Gasteiger partial charge in [-0.1, -0.05) is 46.0 Å². The van der Waals surface area contributed by atoms with Crippen LogP contribution in [0.3, 0.4) is 0 Å². The van der Waals surface area contributed by atoms with Crippen LogP contribution in [0.4, 0.5) is 0 Å². The van der Waals surface area contributed by atoms with Gasteiger partial charge in [-0.3, -0.25) is 0 Å². The summed E-state index contributed by atoms with van der Waals surface area (Å²) in [5.74, 6) is 1.91. The van der Waals surface area contributed by atoms with Gasteiger partial charge >= 0.3 is 0 Å². The van der Waals surface area contributed by atoms with E-state index in [-0.39, 0.29) is 0 Å². The summed E-state index contributed by atoms with van der Waals surface area (Å²) in [5, 5.41) is 3.91. The fourth-order valence-electron chi connectivity index (χ4n) is 4.97. The SMILES string of the molecule is CCNC(C1CCC(CC)CC1)C1(N(C)C)CCCC1. The topological polar surface area (TPSA) is 15.3 Å². The van der Waals surface area contributed by atoms with Gasteiger partial charge in [0.2, 0.25) is 0 Å². The van der Waals surface area contributed by atoms with E-state index in [0.717, 1.165) is 18.4 Å². The Hall–Kier alpha value is -0.0800. The van der Waals surface area contributed by atoms with Gasteiger partial charge in [0.1, 0.15) is 0 Å². The monoisotopic (exact) mass is 280 g/mol. The van der Waals surface area contributed by atoms with Crippen LogP contribution < -0.4 is 5.32 Å². The minimum atomic E-state index is 0.430. The zero-order valence-electron chi connectivity index (χ0n) is 14.3. The summed E-state index contributed by atoms with van der Waals surface area (Å²) < 4.78 is 0. The molecule has 0 bridgehead atoms. The van der Waals surface area contributed by atoms with E-state index in [1.165, 1.54) is 57.8 Å². The molecule has 2 aliphatic carbocycles. The first kappa shape index (κ1) is 16.3. The molecule has 0 heterocycles. The van der Waals surface area contributed by atoms with E-state index in [0.29, 0.717) is 11.6 Å². The Morgan fingerprint density at radius 1 is 1.05 bits per heavy atom. The quantitative estimate of drug-likeness (QED) is 0.789. The highest BCUT2D eigenvalue weighted by atomic mass is 15.2. The lowest BCUT2D eigenvalue weighted by Crippen LogP contribution is -2.60. The first-order valence-electron chi connectivity index (χ1n) is 9.04. The van der Waals surface area contributed by atoms with Crippen molar-refractivity contribution in [2.75, 3.05) is 20.6 Å². The van der Waals surface area contributed by atoms with E-state index in [4.69, 9.17) is 0 Å². The van der Waals surface area contributed by atoms with Crippen LogP contribution in [0, 0.1) is 11.8 Å². The van der Waals surface area contributed by atoms with Crippen molar-refractivity contribution in [2.45, 2.75) is 83.2 Å². The Morgan fingerprint density at radius 3 is 2.10 bits per heavy atom. The molecular weight excluding hydrogens is 244 g/mol. The molecule has 0 radical (unpaired) electrons. The summed E-state index contributed by atoms with van der Waals surface area (Å²) in [5.41, 5.74) is 0.430. The molecule has 2 heteroatoms. The molecular formula is C18H36N2. The van der Waals surface area contributed by atoms with Crippen LogP contribution >= 0.6 is 0 Å². The third kappa shape index (κ3) is 3.22. The van der Waals surface area contributed by atoms with Crippen molar-refractivity contribution in [3.8, 4) is 0 Å². The van der Waals surface area contributed by atoms with Crippen LogP contribution in [0.25, 0.3) is 0 Å². The molecule has 0 aliphatic heterocycles. The summed E-state index contributed by atoms with van der Waals surface area (Å²) >= 11 is 0. The van der Waals surface area contributed by atoms with Crippen LogP contribution in [-0.4, -0.2) is 37.1 Å². The van der Waals surface area contributed by atoms with Gasteiger partial charge in [-0.2, -0.15) is 0 Å². The van der Waals surface area contributed by atoms with Crippen molar-refractivity contribution in [1.82, 2.24) is 10.2 Å². The largest absolute Gasteiger partial charge is 0.312 e. The van der Waals surface area contributed by atoms with E-state index in [9.17, 15) is 0 Å². The molecule has 2 saturated carbocycles. The molecule has 0 aromatic rings. The van der Waals surface area contributed by atoms with Crippen LogP contribution in [0.2, 0.25) is 0 Å². The molecule has 0 saturated heterocycles. The van der Waals surface area contributed by atoms with Gasteiger partial charge in [0.05, 0.1) is 0 Å². The molecule has 1 unspecified atom stereocenters. The van der Waals surface area contributed by atoms with Crippen molar-refractivity contribution in [2.24, 2.45) is 11.8 Å². The van der Waals surface area contributed by atoms with Gasteiger partial charge in [-0.05, 0) is 58.2 Å². The first-order chi connectivity index (χ1) is 9.64. The van der Waals surface area contributed by atoms with Crippen molar-refractivity contribution in [3.05, 3.63) is 0 Å². The summed E-state index contributed by atoms with van der Waals surface area (Å²) in [7, 11) is 4.63. The highest BCUT2D eigenvalue weighted by Gasteiger charge is 2.46. The predicted molar refractivity (Wildman–Crippen MR) is 88.1 cm³/mol. The highest BCUT2D eigenvalue weighted by Crippen LogP contribution is 2.43. The Balaban J connectivity index is 2.09. The molecule has 2 rings (SSSR count). The van der Waals surface area contributed by atoms with Crippen molar-refractivity contribution in [1.29, 1.82) is 0 Å². The van der Waals surface area contributed by atoms with Crippen LogP contribution in [0.1, 0.15) is 71.6 Å². The molecule has 0 amide bonds. The molecule has 1 atom stereocenters. The maximum Gasteiger partial charge on any atom is 0.0359 e. The van der Waals surface area contributed by atoms with Gasteiger partial charge in [0.15, 0.2) is 0 Å². The zero-order valence-corrected chi connectivity index (χ0v) is 14.3. The predicted octanol–water partition coefficient (Wildman–Crippen LogP) is 4.06. The highest BCUT2D eigenvalue weighted by molar-refractivity contribution is 5.05. The molecule has 2 nitrogen and oxygen atoms in total. The number of rotatable bonds is 6. The van der Waals surface area contributed by atoms with Gasteiger partial charge in [-0.25, -0.2) is 0 Å². The fourth-order valence-corrected chi connectivity index (χ4v) is 4.97. The second-order valence-electron chi connectivity index (χ2n) is 7.43. The summed E-state index contributed by atoms with van der Waals surface area (Å²) in [6, 6.07) is 0.711. The maximum atomic E-state index is 3.91. The van der Waals surface area contributed by atoms with Gasteiger partial charge < -0.3 is 10.2 Å². The van der Waals surface area contributed by atoms with Crippen LogP contribution in [-0.2, 0) is 0 Å². The molecule has 0 spiro atoms. The second-order valence-corrected chi connectivity index (χ2v) is 7.43. The summed E-state index contributed by atoms with van der Waals surface area (Å²) in [4.78, 5) is 2.55. The Bertz CT molecular complexity index is 273. The Kier molecular flexibility index (Phi) is 5.92. The van der Waals surface area contributed by atoms with Crippen molar-refractivity contribution < 1.29 is 0 Å². The third-order valence-electron chi connectivity index (χ3n) is 6.30. The molecule has 1 N–H and O–H groups in total. The van der Waals surface area contributed by atoms with Crippen LogP contribution in [0.5, 0.6) is 0 Å². The van der Waals surface area contributed by atoms with E-state index in [1.807, 2.05) is 0 Å². The molecule has 0 aromatic heterocycles. The summed E-state index contributed by atoms with van der Waals surface area (Å²) in [6.45, 7) is 5.77. The minimum Gasteiger partial charge on any atom is -0.312 e. The van der Waals surface area contributed by atoms with Gasteiger partial charge in [0, 0.05) is 11.6 Å². The maximum absolute atomic E-state index is 3.91. The van der Waals surface area contributed by atoms with Crippen LogP contribution in [0.15, 0.2) is 0 Å². The normalized spacial score (nSPS) is 31.6. The molecule has 118 valence electrons. The lowest BCUT2D eigenvalue weighted by Gasteiger charge is -2.48. The number of likely N-dealkylation sites (N-methyl/N-ethyl adjacent to an activating group) is 2. The summed E-state index contributed by atoms with van der Waals surface area (Å²) in [6.07, 6.45) is 12.8. The standard InChI is InChI=1S/C18H36N2/c1-5-15-9-11-16(12-10-15)17(19-6-2)18(20(3)4)13-7-8-14-18/h15-17,19H,5-14H2,1-4H3. The molecule has 2 fully saturated rings. The van der Waals surface area contributed by atoms with Gasteiger partial charge in [0.25, 0.3) is 0 Å². The van der Waals surface area contributed by atoms with Crippen molar-refractivity contribution in [3.63, 3.8) is 0 Å². The molecule has 2 aliphatic rings. The number of hydrogen-bond donors (Lipinski definition) is 1. The third-order valence-corrected chi connectivity index (χ3v) is 6.30. The molecule has 20 heavy (non-hydrogen) atoms. The Labute approximate surface area is 126 Å². The first-order valence-corrected chi connectivity index (χ1v) is 9.04. The zero-order chi connectivity index (χ0) is 14.6. The van der Waals surface area contributed by atoms with E-state index in [2.05, 4.69) is 38.2 Å². The fraction of sp³-hybridized carbons (Fsp3) is 1.00. The van der Waals surface area contributed by atoms with E-state index >= 15 is 0 Å². The molecule has 0 aromatic carbocycles. The number of nitrogens with zero attached hydrogens (tertiary/aromatic N) is 1. The lowest BCUT2D eigenvalue weighted by molar-refractivity contribution is 0.0559. The number of nitrogens with one attached hydrogen (secondary N) is 1.